The summed E-state index contributed by atoms with van der Waals surface area (Å²) in [7, 11) is 0. The molecule has 21 heavy (non-hydrogen) atoms. The van der Waals surface area contributed by atoms with Crippen molar-refractivity contribution >= 4 is 12.0 Å². The number of rotatable bonds is 4. The third-order valence-electron chi connectivity index (χ3n) is 3.76. The topological polar surface area (TPSA) is 104 Å². The van der Waals surface area contributed by atoms with Crippen LogP contribution in [0.5, 0.6) is 0 Å². The second-order valence-electron chi connectivity index (χ2n) is 5.45. The van der Waals surface area contributed by atoms with E-state index in [4.69, 9.17) is 4.52 Å². The number of nitrogens with one attached hydrogen (secondary N) is 2. The van der Waals surface area contributed by atoms with E-state index in [1.807, 2.05) is 0 Å². The zero-order valence-corrected chi connectivity index (χ0v) is 12.1. The number of hydrogen-bond donors (Lipinski definition) is 3. The average molecular weight is 295 g/mol. The van der Waals surface area contributed by atoms with Crippen molar-refractivity contribution in [2.75, 3.05) is 0 Å². The molecular formula is C14H21N3O4. The lowest BCUT2D eigenvalue weighted by Gasteiger charge is -2.22. The highest BCUT2D eigenvalue weighted by Gasteiger charge is 2.30. The molecule has 0 bridgehead atoms. The van der Waals surface area contributed by atoms with Gasteiger partial charge in [-0.15, -0.1) is 0 Å². The number of aryl methyl sites for hydroxylation is 1. The van der Waals surface area contributed by atoms with E-state index in [2.05, 4.69) is 15.8 Å². The predicted octanol–water partition coefficient (Wildman–Crippen LogP) is 1.82. The van der Waals surface area contributed by atoms with Crippen LogP contribution in [0.4, 0.5) is 4.79 Å². The molecule has 2 rings (SSSR count). The van der Waals surface area contributed by atoms with Crippen LogP contribution in [-0.4, -0.2) is 28.3 Å². The summed E-state index contributed by atoms with van der Waals surface area (Å²) in [5.41, 5.74) is 0.637. The van der Waals surface area contributed by atoms with E-state index in [0.717, 1.165) is 19.3 Å². The number of carbonyl (C=O) groups is 2. The lowest BCUT2D eigenvalue weighted by molar-refractivity contribution is -0.142. The van der Waals surface area contributed by atoms with E-state index < -0.39 is 11.9 Å². The summed E-state index contributed by atoms with van der Waals surface area (Å²) in [6, 6.07) is 1.06. The van der Waals surface area contributed by atoms with Gasteiger partial charge >= 0.3 is 12.0 Å². The summed E-state index contributed by atoms with van der Waals surface area (Å²) < 4.78 is 4.91. The van der Waals surface area contributed by atoms with Crippen LogP contribution in [-0.2, 0) is 11.3 Å². The number of aromatic nitrogens is 1. The van der Waals surface area contributed by atoms with Gasteiger partial charge in [0.15, 0.2) is 0 Å². The monoisotopic (exact) mass is 295 g/mol. The molecule has 7 nitrogen and oxygen atoms in total. The smallest absolute Gasteiger partial charge is 0.315 e. The van der Waals surface area contributed by atoms with E-state index in [0.29, 0.717) is 24.3 Å². The molecule has 116 valence electrons. The molecule has 1 heterocycles. The van der Waals surface area contributed by atoms with Gasteiger partial charge in [0.25, 0.3) is 0 Å². The Balaban J connectivity index is 1.85. The molecule has 1 aliphatic rings. The molecule has 1 saturated carbocycles. The molecule has 1 fully saturated rings. The van der Waals surface area contributed by atoms with Gasteiger partial charge in [0.2, 0.25) is 0 Å². The fourth-order valence-corrected chi connectivity index (χ4v) is 2.67. The lowest BCUT2D eigenvalue weighted by Crippen LogP contribution is -2.47. The number of carboxylic acids is 1. The molecule has 2 unspecified atom stereocenters. The second-order valence-corrected chi connectivity index (χ2v) is 5.45. The molecule has 7 heteroatoms. The highest BCUT2D eigenvalue weighted by Crippen LogP contribution is 2.23. The molecule has 0 saturated heterocycles. The van der Waals surface area contributed by atoms with Gasteiger partial charge < -0.3 is 20.3 Å². The molecule has 3 N–H and O–H groups in total. The van der Waals surface area contributed by atoms with Gasteiger partial charge in [0.1, 0.15) is 11.5 Å². The molecule has 1 aromatic rings. The fourth-order valence-electron chi connectivity index (χ4n) is 2.67. The molecule has 1 aromatic heterocycles. The Bertz CT molecular complexity index is 500. The zero-order valence-electron chi connectivity index (χ0n) is 12.1. The Morgan fingerprint density at radius 3 is 2.81 bits per heavy atom. The summed E-state index contributed by atoms with van der Waals surface area (Å²) in [6.07, 6.45) is 4.17. The molecular weight excluding hydrogens is 274 g/mol. The largest absolute Gasteiger partial charge is 0.481 e. The molecule has 1 aliphatic carbocycles. The van der Waals surface area contributed by atoms with Crippen LogP contribution in [0.1, 0.15) is 43.6 Å². The van der Waals surface area contributed by atoms with Crippen LogP contribution in [0.3, 0.4) is 0 Å². The molecule has 2 amide bonds. The quantitative estimate of drug-likeness (QED) is 0.735. The van der Waals surface area contributed by atoms with E-state index in [1.54, 1.807) is 13.0 Å². The summed E-state index contributed by atoms with van der Waals surface area (Å²) in [5.74, 6) is -0.663. The predicted molar refractivity (Wildman–Crippen MR) is 74.6 cm³/mol. The van der Waals surface area contributed by atoms with Crippen molar-refractivity contribution in [3.05, 3.63) is 17.5 Å². The van der Waals surface area contributed by atoms with Crippen molar-refractivity contribution in [3.8, 4) is 0 Å². The van der Waals surface area contributed by atoms with Crippen molar-refractivity contribution in [3.63, 3.8) is 0 Å². The third kappa shape index (κ3) is 4.47. The van der Waals surface area contributed by atoms with Crippen LogP contribution < -0.4 is 10.6 Å². The minimum Gasteiger partial charge on any atom is -0.481 e. The van der Waals surface area contributed by atoms with E-state index in [1.165, 1.54) is 0 Å². The number of nitrogens with zero attached hydrogens (tertiary/aromatic N) is 1. The minimum absolute atomic E-state index is 0.258. The number of urea groups is 1. The summed E-state index contributed by atoms with van der Waals surface area (Å²) in [5, 5.41) is 18.5. The van der Waals surface area contributed by atoms with E-state index in [9.17, 15) is 14.7 Å². The highest BCUT2D eigenvalue weighted by molar-refractivity contribution is 5.76. The Kier molecular flexibility index (Phi) is 5.19. The van der Waals surface area contributed by atoms with Crippen LogP contribution in [0, 0.1) is 12.8 Å². The summed E-state index contributed by atoms with van der Waals surface area (Å²) in [4.78, 5) is 23.2. The van der Waals surface area contributed by atoms with Crippen molar-refractivity contribution in [2.24, 2.45) is 5.92 Å². The van der Waals surface area contributed by atoms with Gasteiger partial charge in [-0.05, 0) is 19.8 Å². The highest BCUT2D eigenvalue weighted by atomic mass is 16.5. The SMILES string of the molecule is Cc1cc(CNC(=O)NC2CCCCCC2C(=O)O)no1. The second kappa shape index (κ2) is 7.10. The minimum atomic E-state index is -0.839. The van der Waals surface area contributed by atoms with Gasteiger partial charge in [-0.1, -0.05) is 24.4 Å². The summed E-state index contributed by atoms with van der Waals surface area (Å²) in [6.45, 7) is 2.03. The normalized spacial score (nSPS) is 22.3. The standard InChI is InChI=1S/C14H21N3O4/c1-9-7-10(17-21-9)8-15-14(20)16-12-6-4-2-3-5-11(12)13(18)19/h7,11-12H,2-6,8H2,1H3,(H,18,19)(H2,15,16,20). The van der Waals surface area contributed by atoms with Crippen LogP contribution in [0.15, 0.2) is 10.6 Å². The molecule has 0 radical (unpaired) electrons. The average Bonchev–Trinajstić information content (AvgIpc) is 2.70. The first-order chi connectivity index (χ1) is 10.1. The van der Waals surface area contributed by atoms with E-state index >= 15 is 0 Å². The third-order valence-corrected chi connectivity index (χ3v) is 3.76. The first-order valence-corrected chi connectivity index (χ1v) is 7.25. The first kappa shape index (κ1) is 15.3. The van der Waals surface area contributed by atoms with Crippen molar-refractivity contribution in [1.82, 2.24) is 15.8 Å². The van der Waals surface area contributed by atoms with E-state index in [-0.39, 0.29) is 18.6 Å². The van der Waals surface area contributed by atoms with Gasteiger partial charge in [-0.25, -0.2) is 4.79 Å². The van der Waals surface area contributed by atoms with Crippen molar-refractivity contribution in [2.45, 2.75) is 51.6 Å². The number of carboxylic acid groups (broad SMARTS) is 1. The van der Waals surface area contributed by atoms with Gasteiger partial charge in [0.05, 0.1) is 12.5 Å². The Hall–Kier alpha value is -2.05. The number of amides is 2. The zero-order chi connectivity index (χ0) is 15.2. The van der Waals surface area contributed by atoms with Crippen LogP contribution >= 0.6 is 0 Å². The van der Waals surface area contributed by atoms with Gasteiger partial charge in [-0.2, -0.15) is 0 Å². The number of hydrogen-bond acceptors (Lipinski definition) is 4. The molecule has 0 aliphatic heterocycles. The first-order valence-electron chi connectivity index (χ1n) is 7.25. The molecule has 0 spiro atoms. The Labute approximate surface area is 123 Å². The van der Waals surface area contributed by atoms with Crippen molar-refractivity contribution < 1.29 is 19.2 Å². The number of aliphatic carboxylic acids is 1. The number of carbonyl (C=O) groups excluding carboxylic acids is 1. The fraction of sp³-hybridized carbons (Fsp3) is 0.643. The Morgan fingerprint density at radius 1 is 1.38 bits per heavy atom. The van der Waals surface area contributed by atoms with Crippen LogP contribution in [0.2, 0.25) is 0 Å². The maximum atomic E-state index is 11.9. The maximum Gasteiger partial charge on any atom is 0.315 e. The maximum absolute atomic E-state index is 11.9. The van der Waals surface area contributed by atoms with Gasteiger partial charge in [0, 0.05) is 12.1 Å². The van der Waals surface area contributed by atoms with Crippen LogP contribution in [0.25, 0.3) is 0 Å². The summed E-state index contributed by atoms with van der Waals surface area (Å²) >= 11 is 0. The molecule has 0 aromatic carbocycles. The Morgan fingerprint density at radius 2 is 2.14 bits per heavy atom. The van der Waals surface area contributed by atoms with Gasteiger partial charge in [-0.3, -0.25) is 4.79 Å². The lowest BCUT2D eigenvalue weighted by atomic mass is 9.95. The molecule has 2 atom stereocenters. The van der Waals surface area contributed by atoms with Crippen molar-refractivity contribution in [1.29, 1.82) is 0 Å².